The molecule has 0 fully saturated rings. The van der Waals surface area contributed by atoms with Gasteiger partial charge in [0.05, 0.1) is 12.2 Å². The number of hydrogen-bond donors (Lipinski definition) is 1. The molecule has 0 spiro atoms. The van der Waals surface area contributed by atoms with Gasteiger partial charge in [0.25, 0.3) is 0 Å². The molecule has 3 nitrogen and oxygen atoms in total. The van der Waals surface area contributed by atoms with Crippen molar-refractivity contribution in [2.24, 2.45) is 0 Å². The van der Waals surface area contributed by atoms with Crippen LogP contribution in [-0.2, 0) is 4.74 Å². The van der Waals surface area contributed by atoms with Crippen LogP contribution in [0.5, 0.6) is 0 Å². The van der Waals surface area contributed by atoms with E-state index in [1.165, 1.54) is 25.7 Å². The fraction of sp³-hybridized carbons (Fsp3) is 0.533. The Kier molecular flexibility index (Phi) is 7.56. The second-order valence-electron chi connectivity index (χ2n) is 4.68. The summed E-state index contributed by atoms with van der Waals surface area (Å²) in [4.78, 5) is 11.8. The van der Waals surface area contributed by atoms with Crippen LogP contribution in [0.15, 0.2) is 22.7 Å². The van der Waals surface area contributed by atoms with E-state index >= 15 is 0 Å². The highest BCUT2D eigenvalue weighted by Crippen LogP contribution is 2.18. The molecule has 1 aromatic carbocycles. The van der Waals surface area contributed by atoms with Crippen molar-refractivity contribution in [3.8, 4) is 0 Å². The number of hydrogen-bond acceptors (Lipinski definition) is 3. The van der Waals surface area contributed by atoms with Crippen LogP contribution >= 0.6 is 15.9 Å². The van der Waals surface area contributed by atoms with Crippen LogP contribution in [-0.4, -0.2) is 12.6 Å². The summed E-state index contributed by atoms with van der Waals surface area (Å²) in [6.07, 6.45) is 7.07. The minimum Gasteiger partial charge on any atom is -0.462 e. The molecule has 0 unspecified atom stereocenters. The van der Waals surface area contributed by atoms with Gasteiger partial charge in [0.1, 0.15) is 0 Å². The highest BCUT2D eigenvalue weighted by molar-refractivity contribution is 9.10. The molecule has 0 saturated heterocycles. The minimum absolute atomic E-state index is 0.304. The van der Waals surface area contributed by atoms with Crippen LogP contribution in [0.2, 0.25) is 0 Å². The molecule has 19 heavy (non-hydrogen) atoms. The Morgan fingerprint density at radius 1 is 1.16 bits per heavy atom. The number of carbonyl (C=O) groups is 1. The largest absolute Gasteiger partial charge is 0.462 e. The van der Waals surface area contributed by atoms with E-state index in [2.05, 4.69) is 22.9 Å². The van der Waals surface area contributed by atoms with Gasteiger partial charge in [0.15, 0.2) is 0 Å². The molecule has 0 radical (unpaired) electrons. The molecule has 1 aromatic rings. The average molecular weight is 328 g/mol. The Morgan fingerprint density at radius 2 is 1.84 bits per heavy atom. The van der Waals surface area contributed by atoms with E-state index in [4.69, 9.17) is 10.5 Å². The van der Waals surface area contributed by atoms with Crippen molar-refractivity contribution in [2.45, 2.75) is 45.4 Å². The summed E-state index contributed by atoms with van der Waals surface area (Å²) in [5.41, 5.74) is 6.74. The molecule has 0 aromatic heterocycles. The topological polar surface area (TPSA) is 52.3 Å². The fourth-order valence-electron chi connectivity index (χ4n) is 1.86. The lowest BCUT2D eigenvalue weighted by Crippen LogP contribution is -2.07. The summed E-state index contributed by atoms with van der Waals surface area (Å²) < 4.78 is 6.02. The standard InChI is InChI=1S/C15H22BrNO2/c1-2-3-4-5-6-7-8-19-15(18)12-9-13(16)11-14(17)10-12/h9-11H,2-8,17H2,1H3. The molecule has 0 aliphatic carbocycles. The van der Waals surface area contributed by atoms with Gasteiger partial charge in [-0.25, -0.2) is 4.79 Å². The number of carbonyl (C=O) groups excluding carboxylic acids is 1. The van der Waals surface area contributed by atoms with Crippen LogP contribution < -0.4 is 5.73 Å². The van der Waals surface area contributed by atoms with Crippen LogP contribution in [0, 0.1) is 0 Å². The Labute approximate surface area is 123 Å². The molecule has 0 atom stereocenters. The Hall–Kier alpha value is -1.03. The second kappa shape index (κ2) is 8.97. The molecular formula is C15H22BrNO2. The van der Waals surface area contributed by atoms with Crippen molar-refractivity contribution in [3.63, 3.8) is 0 Å². The first kappa shape index (κ1) is 16.0. The molecule has 2 N–H and O–H groups in total. The number of nitrogens with two attached hydrogens (primary N) is 1. The SMILES string of the molecule is CCCCCCCCOC(=O)c1cc(N)cc(Br)c1. The summed E-state index contributed by atoms with van der Waals surface area (Å²) in [5.74, 6) is -0.304. The van der Waals surface area contributed by atoms with Gasteiger partial charge in [-0.05, 0) is 24.6 Å². The van der Waals surface area contributed by atoms with E-state index in [1.807, 2.05) is 0 Å². The number of halogens is 1. The molecular weight excluding hydrogens is 306 g/mol. The van der Waals surface area contributed by atoms with Gasteiger partial charge >= 0.3 is 5.97 Å². The third-order valence-electron chi connectivity index (χ3n) is 2.89. The quantitative estimate of drug-likeness (QED) is 0.433. The van der Waals surface area contributed by atoms with E-state index < -0.39 is 0 Å². The first-order valence-corrected chi connectivity index (χ1v) is 7.66. The van der Waals surface area contributed by atoms with Gasteiger partial charge in [-0.1, -0.05) is 55.0 Å². The number of unbranched alkanes of at least 4 members (excludes halogenated alkanes) is 5. The van der Waals surface area contributed by atoms with Gasteiger partial charge in [-0.15, -0.1) is 0 Å². The molecule has 0 aliphatic rings. The molecule has 0 heterocycles. The first-order valence-electron chi connectivity index (χ1n) is 6.86. The zero-order valence-electron chi connectivity index (χ0n) is 11.5. The monoisotopic (exact) mass is 327 g/mol. The number of nitrogen functional groups attached to an aromatic ring is 1. The molecule has 0 amide bonds. The molecule has 4 heteroatoms. The number of benzene rings is 1. The van der Waals surface area contributed by atoms with Gasteiger partial charge in [0, 0.05) is 10.2 Å². The maximum Gasteiger partial charge on any atom is 0.338 e. The average Bonchev–Trinajstić information content (AvgIpc) is 2.36. The van der Waals surface area contributed by atoms with Crippen molar-refractivity contribution in [3.05, 3.63) is 28.2 Å². The Bertz CT molecular complexity index is 387. The van der Waals surface area contributed by atoms with Crippen molar-refractivity contribution >= 4 is 27.6 Å². The van der Waals surface area contributed by atoms with E-state index in [9.17, 15) is 4.79 Å². The highest BCUT2D eigenvalue weighted by atomic mass is 79.9. The minimum atomic E-state index is -0.304. The van der Waals surface area contributed by atoms with Gasteiger partial charge in [-0.2, -0.15) is 0 Å². The Balaban J connectivity index is 2.24. The number of esters is 1. The number of rotatable bonds is 8. The Morgan fingerprint density at radius 3 is 2.53 bits per heavy atom. The van der Waals surface area contributed by atoms with Crippen molar-refractivity contribution in [2.75, 3.05) is 12.3 Å². The molecule has 0 saturated carbocycles. The van der Waals surface area contributed by atoms with Crippen molar-refractivity contribution < 1.29 is 9.53 Å². The van der Waals surface area contributed by atoms with E-state index in [0.717, 1.165) is 17.3 Å². The maximum absolute atomic E-state index is 11.8. The summed E-state index contributed by atoms with van der Waals surface area (Å²) in [7, 11) is 0. The van der Waals surface area contributed by atoms with Crippen molar-refractivity contribution in [1.29, 1.82) is 0 Å². The van der Waals surface area contributed by atoms with Crippen LogP contribution in [0.25, 0.3) is 0 Å². The van der Waals surface area contributed by atoms with E-state index in [1.54, 1.807) is 18.2 Å². The zero-order chi connectivity index (χ0) is 14.1. The third kappa shape index (κ3) is 6.62. The predicted octanol–water partition coefficient (Wildman–Crippen LogP) is 4.55. The summed E-state index contributed by atoms with van der Waals surface area (Å²) in [5, 5.41) is 0. The van der Waals surface area contributed by atoms with Crippen LogP contribution in [0.1, 0.15) is 55.8 Å². The van der Waals surface area contributed by atoms with Gasteiger partial charge < -0.3 is 10.5 Å². The van der Waals surface area contributed by atoms with E-state index in [-0.39, 0.29) is 5.97 Å². The van der Waals surface area contributed by atoms with E-state index in [0.29, 0.717) is 17.9 Å². The molecule has 0 aliphatic heterocycles. The normalized spacial score (nSPS) is 10.4. The van der Waals surface area contributed by atoms with Crippen molar-refractivity contribution in [1.82, 2.24) is 0 Å². The van der Waals surface area contributed by atoms with Crippen LogP contribution in [0.4, 0.5) is 5.69 Å². The molecule has 106 valence electrons. The third-order valence-corrected chi connectivity index (χ3v) is 3.34. The lowest BCUT2D eigenvalue weighted by Gasteiger charge is -2.06. The predicted molar refractivity (Wildman–Crippen MR) is 82.2 cm³/mol. The van der Waals surface area contributed by atoms with Crippen LogP contribution in [0.3, 0.4) is 0 Å². The summed E-state index contributed by atoms with van der Waals surface area (Å²) in [6.45, 7) is 2.68. The lowest BCUT2D eigenvalue weighted by molar-refractivity contribution is 0.0497. The van der Waals surface area contributed by atoms with Gasteiger partial charge in [0.2, 0.25) is 0 Å². The molecule has 0 bridgehead atoms. The van der Waals surface area contributed by atoms with Gasteiger partial charge in [-0.3, -0.25) is 0 Å². The summed E-state index contributed by atoms with van der Waals surface area (Å²) >= 11 is 3.31. The zero-order valence-corrected chi connectivity index (χ0v) is 13.0. The lowest BCUT2D eigenvalue weighted by atomic mass is 10.1. The highest BCUT2D eigenvalue weighted by Gasteiger charge is 2.08. The smallest absolute Gasteiger partial charge is 0.338 e. The fourth-order valence-corrected chi connectivity index (χ4v) is 2.37. The summed E-state index contributed by atoms with van der Waals surface area (Å²) in [6, 6.07) is 5.11. The number of ether oxygens (including phenoxy) is 1. The first-order chi connectivity index (χ1) is 9.13. The maximum atomic E-state index is 11.8. The second-order valence-corrected chi connectivity index (χ2v) is 5.59. The molecule has 1 rings (SSSR count). The number of anilines is 1.